The molecule has 0 saturated heterocycles. The molecule has 0 aromatic heterocycles. The molecular formula is C13H26N2O3S. The molecule has 0 aromatic rings. The van der Waals surface area contributed by atoms with Crippen LogP contribution < -0.4 is 10.6 Å². The predicted octanol–water partition coefficient (Wildman–Crippen LogP) is 0.847. The molecule has 1 aliphatic carbocycles. The zero-order valence-corrected chi connectivity index (χ0v) is 13.1. The van der Waals surface area contributed by atoms with Gasteiger partial charge in [-0.1, -0.05) is 6.42 Å². The maximum absolute atomic E-state index is 11.7. The van der Waals surface area contributed by atoms with Crippen LogP contribution in [0.4, 0.5) is 0 Å². The maximum atomic E-state index is 11.7. The van der Waals surface area contributed by atoms with E-state index in [9.17, 15) is 13.2 Å². The molecule has 1 fully saturated rings. The number of amides is 1. The molecule has 5 nitrogen and oxygen atoms in total. The summed E-state index contributed by atoms with van der Waals surface area (Å²) in [5.41, 5.74) is -0.235. The van der Waals surface area contributed by atoms with Gasteiger partial charge in [0.25, 0.3) is 0 Å². The van der Waals surface area contributed by atoms with Gasteiger partial charge in [-0.25, -0.2) is 8.42 Å². The molecule has 0 heterocycles. The van der Waals surface area contributed by atoms with E-state index in [0.717, 1.165) is 19.3 Å². The highest BCUT2D eigenvalue weighted by Gasteiger charge is 2.28. The number of nitrogens with one attached hydrogen (secondary N) is 2. The maximum Gasteiger partial charge on any atom is 0.234 e. The van der Waals surface area contributed by atoms with Gasteiger partial charge in [-0.05, 0) is 40.0 Å². The minimum absolute atomic E-state index is 0.0472. The Morgan fingerprint density at radius 1 is 1.26 bits per heavy atom. The minimum Gasteiger partial charge on any atom is -0.350 e. The Morgan fingerprint density at radius 2 is 1.89 bits per heavy atom. The third-order valence-electron chi connectivity index (χ3n) is 3.30. The highest BCUT2D eigenvalue weighted by atomic mass is 32.2. The summed E-state index contributed by atoms with van der Waals surface area (Å²) in [6, 6.07) is 0.124. The number of hydrogen-bond donors (Lipinski definition) is 2. The summed E-state index contributed by atoms with van der Waals surface area (Å²) in [6.07, 6.45) is 4.49. The molecule has 2 atom stereocenters. The van der Waals surface area contributed by atoms with E-state index >= 15 is 0 Å². The Hall–Kier alpha value is -0.620. The fourth-order valence-corrected chi connectivity index (χ4v) is 3.60. The SMILES string of the molecule is CC(C)(C)NC(=O)CNC1CCCC(S(C)(=O)=O)C1. The summed E-state index contributed by atoms with van der Waals surface area (Å²) in [7, 11) is -2.97. The second-order valence-corrected chi connectivity index (χ2v) is 8.82. The minimum atomic E-state index is -2.97. The zero-order valence-electron chi connectivity index (χ0n) is 12.3. The Bertz CT molecular complexity index is 412. The van der Waals surface area contributed by atoms with E-state index in [1.165, 1.54) is 6.26 Å². The van der Waals surface area contributed by atoms with Crippen LogP contribution in [-0.2, 0) is 14.6 Å². The highest BCUT2D eigenvalue weighted by Crippen LogP contribution is 2.23. The van der Waals surface area contributed by atoms with E-state index < -0.39 is 9.84 Å². The van der Waals surface area contributed by atoms with Gasteiger partial charge in [-0.2, -0.15) is 0 Å². The number of carbonyl (C=O) groups is 1. The lowest BCUT2D eigenvalue weighted by molar-refractivity contribution is -0.121. The van der Waals surface area contributed by atoms with Crippen molar-refractivity contribution in [2.24, 2.45) is 0 Å². The van der Waals surface area contributed by atoms with Gasteiger partial charge in [0.15, 0.2) is 0 Å². The van der Waals surface area contributed by atoms with Gasteiger partial charge >= 0.3 is 0 Å². The molecule has 2 N–H and O–H groups in total. The van der Waals surface area contributed by atoms with Crippen LogP contribution in [0.5, 0.6) is 0 Å². The van der Waals surface area contributed by atoms with Gasteiger partial charge in [0.1, 0.15) is 9.84 Å². The third kappa shape index (κ3) is 6.38. The van der Waals surface area contributed by atoms with Crippen LogP contribution in [0.25, 0.3) is 0 Å². The van der Waals surface area contributed by atoms with Crippen LogP contribution >= 0.6 is 0 Å². The van der Waals surface area contributed by atoms with Crippen molar-refractivity contribution < 1.29 is 13.2 Å². The summed E-state index contributed by atoms with van der Waals surface area (Å²) < 4.78 is 23.1. The predicted molar refractivity (Wildman–Crippen MR) is 76.8 cm³/mol. The lowest BCUT2D eigenvalue weighted by Crippen LogP contribution is -2.48. The highest BCUT2D eigenvalue weighted by molar-refractivity contribution is 7.91. The third-order valence-corrected chi connectivity index (χ3v) is 4.94. The first-order valence-corrected chi connectivity index (χ1v) is 8.76. The van der Waals surface area contributed by atoms with E-state index in [4.69, 9.17) is 0 Å². The van der Waals surface area contributed by atoms with Crippen molar-refractivity contribution in [1.82, 2.24) is 10.6 Å². The molecule has 0 spiro atoms. The molecule has 0 aliphatic heterocycles. The van der Waals surface area contributed by atoms with Crippen LogP contribution in [0.3, 0.4) is 0 Å². The molecule has 1 amide bonds. The molecule has 1 rings (SSSR count). The fraction of sp³-hybridized carbons (Fsp3) is 0.923. The average molecular weight is 290 g/mol. The topological polar surface area (TPSA) is 75.3 Å². The molecular weight excluding hydrogens is 264 g/mol. The van der Waals surface area contributed by atoms with E-state index in [1.807, 2.05) is 20.8 Å². The summed E-state index contributed by atoms with van der Waals surface area (Å²) >= 11 is 0. The van der Waals surface area contributed by atoms with Crippen molar-refractivity contribution in [2.45, 2.75) is 63.3 Å². The van der Waals surface area contributed by atoms with Crippen molar-refractivity contribution in [3.05, 3.63) is 0 Å². The zero-order chi connectivity index (χ0) is 14.7. The van der Waals surface area contributed by atoms with Gasteiger partial charge in [0.05, 0.1) is 11.8 Å². The van der Waals surface area contributed by atoms with Crippen LogP contribution in [-0.4, -0.2) is 44.0 Å². The molecule has 19 heavy (non-hydrogen) atoms. The number of carbonyl (C=O) groups excluding carboxylic acids is 1. The molecule has 1 aliphatic rings. The molecule has 0 aromatic carbocycles. The van der Waals surface area contributed by atoms with Gasteiger partial charge in [-0.3, -0.25) is 4.79 Å². The Labute approximate surface area is 116 Å². The second kappa shape index (κ2) is 6.22. The molecule has 6 heteroatoms. The molecule has 0 bridgehead atoms. The first-order chi connectivity index (χ1) is 8.58. The smallest absolute Gasteiger partial charge is 0.234 e. The monoisotopic (exact) mass is 290 g/mol. The van der Waals surface area contributed by atoms with Crippen LogP contribution in [0.15, 0.2) is 0 Å². The summed E-state index contributed by atoms with van der Waals surface area (Å²) in [5, 5.41) is 5.79. The summed E-state index contributed by atoms with van der Waals surface area (Å²) in [5.74, 6) is -0.0472. The quantitative estimate of drug-likeness (QED) is 0.805. The fourth-order valence-electron chi connectivity index (χ4n) is 2.42. The molecule has 112 valence electrons. The van der Waals surface area contributed by atoms with Crippen LogP contribution in [0, 0.1) is 0 Å². The first-order valence-electron chi connectivity index (χ1n) is 6.81. The van der Waals surface area contributed by atoms with Crippen molar-refractivity contribution >= 4 is 15.7 Å². The Balaban J connectivity index is 2.40. The second-order valence-electron chi connectivity index (χ2n) is 6.49. The van der Waals surface area contributed by atoms with Gasteiger partial charge in [0.2, 0.25) is 5.91 Å². The van der Waals surface area contributed by atoms with Crippen molar-refractivity contribution in [3.8, 4) is 0 Å². The largest absolute Gasteiger partial charge is 0.350 e. The average Bonchev–Trinajstić information content (AvgIpc) is 2.23. The van der Waals surface area contributed by atoms with Crippen molar-refractivity contribution in [3.63, 3.8) is 0 Å². The summed E-state index contributed by atoms with van der Waals surface area (Å²) in [6.45, 7) is 6.06. The lowest BCUT2D eigenvalue weighted by atomic mass is 9.95. The van der Waals surface area contributed by atoms with Gasteiger partial charge in [-0.15, -0.1) is 0 Å². The molecule has 2 unspecified atom stereocenters. The van der Waals surface area contributed by atoms with Crippen molar-refractivity contribution in [1.29, 1.82) is 0 Å². The number of hydrogen-bond acceptors (Lipinski definition) is 4. The van der Waals surface area contributed by atoms with E-state index in [2.05, 4.69) is 10.6 Å². The molecule has 1 saturated carbocycles. The molecule has 0 radical (unpaired) electrons. The Morgan fingerprint density at radius 3 is 2.42 bits per heavy atom. The van der Waals surface area contributed by atoms with E-state index in [1.54, 1.807) is 0 Å². The number of sulfone groups is 1. The van der Waals surface area contributed by atoms with Crippen LogP contribution in [0.2, 0.25) is 0 Å². The lowest BCUT2D eigenvalue weighted by Gasteiger charge is -2.29. The normalized spacial score (nSPS) is 25.1. The van der Waals surface area contributed by atoms with E-state index in [0.29, 0.717) is 6.42 Å². The first kappa shape index (κ1) is 16.4. The number of rotatable bonds is 4. The van der Waals surface area contributed by atoms with E-state index in [-0.39, 0.29) is 29.3 Å². The van der Waals surface area contributed by atoms with Gasteiger partial charge < -0.3 is 10.6 Å². The standard InChI is InChI=1S/C13H26N2O3S/c1-13(2,3)15-12(16)9-14-10-6-5-7-11(8-10)19(4,17)18/h10-11,14H,5-9H2,1-4H3,(H,15,16). The van der Waals surface area contributed by atoms with Crippen LogP contribution in [0.1, 0.15) is 46.5 Å². The van der Waals surface area contributed by atoms with Gasteiger partial charge in [0, 0.05) is 17.8 Å². The van der Waals surface area contributed by atoms with Crippen molar-refractivity contribution in [2.75, 3.05) is 12.8 Å². The summed E-state index contributed by atoms with van der Waals surface area (Å²) in [4.78, 5) is 11.7. The Kier molecular flexibility index (Phi) is 5.38.